The number of nitrogens with zero attached hydrogens (tertiary/aromatic N) is 3. The van der Waals surface area contributed by atoms with E-state index in [0.29, 0.717) is 17.4 Å². The van der Waals surface area contributed by atoms with Gasteiger partial charge in [-0.15, -0.1) is 0 Å². The predicted molar refractivity (Wildman–Crippen MR) is 125 cm³/mol. The van der Waals surface area contributed by atoms with Crippen molar-refractivity contribution >= 4 is 17.7 Å². The molecule has 30 heavy (non-hydrogen) atoms. The van der Waals surface area contributed by atoms with Crippen LogP contribution in [0.4, 0.5) is 0 Å². The van der Waals surface area contributed by atoms with Gasteiger partial charge in [-0.05, 0) is 51.4 Å². The molecule has 0 bridgehead atoms. The van der Waals surface area contributed by atoms with Gasteiger partial charge in [0.05, 0.1) is 6.10 Å². The molecule has 0 aliphatic heterocycles. The standard InChI is InChI=1S/C16H22N4O.C6H12O.C2H6/c1-4-10(2)8-18-9-11(3)16-19-13-7-5-6-12(13)14(20-16)15(17)21;7-6-4-2-1-3-5-6;1-2/h8-10H,4-7H2,1-3H3,(H2,17,21);6-7H,1-5H2;1-2H3/b11-9+,18-8?;;. The Morgan fingerprint density at radius 2 is 1.87 bits per heavy atom. The third kappa shape index (κ3) is 8.34. The van der Waals surface area contributed by atoms with E-state index in [9.17, 15) is 4.79 Å². The van der Waals surface area contributed by atoms with Crippen molar-refractivity contribution in [3.8, 4) is 0 Å². The molecular weight excluding hydrogens is 376 g/mol. The van der Waals surface area contributed by atoms with E-state index in [0.717, 1.165) is 55.4 Å². The van der Waals surface area contributed by atoms with Crippen molar-refractivity contribution in [3.63, 3.8) is 0 Å². The molecular formula is C24H40N4O2. The number of aliphatic hydroxyl groups is 1. The number of rotatable bonds is 5. The highest BCUT2D eigenvalue weighted by molar-refractivity contribution is 5.93. The van der Waals surface area contributed by atoms with Gasteiger partial charge in [0.25, 0.3) is 5.91 Å². The Bertz CT molecular complexity index is 722. The van der Waals surface area contributed by atoms with Crippen molar-refractivity contribution in [3.05, 3.63) is 29.0 Å². The van der Waals surface area contributed by atoms with Crippen molar-refractivity contribution in [1.29, 1.82) is 0 Å². The van der Waals surface area contributed by atoms with E-state index in [1.54, 1.807) is 6.20 Å². The Labute approximate surface area is 182 Å². The Morgan fingerprint density at radius 1 is 1.20 bits per heavy atom. The summed E-state index contributed by atoms with van der Waals surface area (Å²) < 4.78 is 0. The lowest BCUT2D eigenvalue weighted by molar-refractivity contribution is 0.0994. The second-order valence-electron chi connectivity index (χ2n) is 7.83. The van der Waals surface area contributed by atoms with Crippen molar-refractivity contribution in [2.75, 3.05) is 0 Å². The minimum atomic E-state index is -0.479. The average molecular weight is 417 g/mol. The highest BCUT2D eigenvalue weighted by atomic mass is 16.3. The number of hydrogen-bond donors (Lipinski definition) is 2. The number of carbonyl (C=O) groups is 1. The summed E-state index contributed by atoms with van der Waals surface area (Å²) in [6.45, 7) is 10.1. The number of allylic oxidation sites excluding steroid dienone is 1. The lowest BCUT2D eigenvalue weighted by atomic mass is 9.98. The molecule has 1 aromatic rings. The van der Waals surface area contributed by atoms with Gasteiger partial charge in [0.1, 0.15) is 5.69 Å². The first-order valence-corrected chi connectivity index (χ1v) is 11.5. The Morgan fingerprint density at radius 3 is 2.40 bits per heavy atom. The molecule has 3 rings (SSSR count). The molecule has 0 saturated heterocycles. The maximum absolute atomic E-state index is 11.6. The second kappa shape index (κ2) is 14.0. The van der Waals surface area contributed by atoms with Crippen molar-refractivity contribution in [2.45, 2.75) is 98.5 Å². The number of amides is 1. The molecule has 2 aliphatic carbocycles. The van der Waals surface area contributed by atoms with Crippen LogP contribution in [0.3, 0.4) is 0 Å². The lowest BCUT2D eigenvalue weighted by Crippen LogP contribution is -2.18. The van der Waals surface area contributed by atoms with Crippen LogP contribution in [-0.2, 0) is 12.8 Å². The van der Waals surface area contributed by atoms with Crippen molar-refractivity contribution in [1.82, 2.24) is 9.97 Å². The largest absolute Gasteiger partial charge is 0.393 e. The molecule has 2 aliphatic rings. The van der Waals surface area contributed by atoms with Gasteiger partial charge in [-0.2, -0.15) is 0 Å². The summed E-state index contributed by atoms with van der Waals surface area (Å²) >= 11 is 0. The number of aliphatic imine (C=N–C) groups is 1. The van der Waals surface area contributed by atoms with Crippen LogP contribution in [0.1, 0.15) is 107 Å². The van der Waals surface area contributed by atoms with Crippen LogP contribution >= 0.6 is 0 Å². The number of aromatic nitrogens is 2. The lowest BCUT2D eigenvalue weighted by Gasteiger charge is -2.14. The zero-order chi connectivity index (χ0) is 22.5. The quantitative estimate of drug-likeness (QED) is 0.668. The monoisotopic (exact) mass is 416 g/mol. The molecule has 0 aromatic carbocycles. The van der Waals surface area contributed by atoms with E-state index in [-0.39, 0.29) is 6.10 Å². The van der Waals surface area contributed by atoms with E-state index >= 15 is 0 Å². The van der Waals surface area contributed by atoms with Gasteiger partial charge >= 0.3 is 0 Å². The first-order chi connectivity index (χ1) is 14.4. The number of primary amides is 1. The highest BCUT2D eigenvalue weighted by Gasteiger charge is 2.22. The fraction of sp³-hybridized carbons (Fsp3) is 0.667. The van der Waals surface area contributed by atoms with Gasteiger partial charge in [0.15, 0.2) is 5.82 Å². The first kappa shape index (κ1) is 26.0. The Balaban J connectivity index is 0.000000418. The summed E-state index contributed by atoms with van der Waals surface area (Å²) in [5.41, 5.74) is 8.51. The molecule has 3 N–H and O–H groups in total. The van der Waals surface area contributed by atoms with Gasteiger partial charge in [-0.25, -0.2) is 9.97 Å². The van der Waals surface area contributed by atoms with Gasteiger partial charge in [0.2, 0.25) is 0 Å². The number of aryl methyl sites for hydroxylation is 1. The highest BCUT2D eigenvalue weighted by Crippen LogP contribution is 2.24. The maximum atomic E-state index is 11.6. The molecule has 0 spiro atoms. The van der Waals surface area contributed by atoms with Crippen molar-refractivity contribution in [2.24, 2.45) is 16.6 Å². The topological polar surface area (TPSA) is 101 Å². The maximum Gasteiger partial charge on any atom is 0.267 e. The summed E-state index contributed by atoms with van der Waals surface area (Å²) in [6, 6.07) is 0. The smallest absolute Gasteiger partial charge is 0.267 e. The van der Waals surface area contributed by atoms with Gasteiger partial charge in [0, 0.05) is 29.2 Å². The summed E-state index contributed by atoms with van der Waals surface area (Å²) in [6.07, 6.45) is 13.4. The zero-order valence-corrected chi connectivity index (χ0v) is 19.4. The third-order valence-electron chi connectivity index (χ3n) is 5.35. The van der Waals surface area contributed by atoms with E-state index in [1.807, 2.05) is 27.0 Å². The zero-order valence-electron chi connectivity index (χ0n) is 19.4. The normalized spacial score (nSPS) is 17.5. The average Bonchev–Trinajstić information content (AvgIpc) is 3.23. The summed E-state index contributed by atoms with van der Waals surface area (Å²) in [4.78, 5) is 24.8. The number of carbonyl (C=O) groups excluding carboxylic acids is 1. The Hall–Kier alpha value is -2.08. The summed E-state index contributed by atoms with van der Waals surface area (Å²) in [5.74, 6) is 0.509. The first-order valence-electron chi connectivity index (χ1n) is 11.5. The fourth-order valence-corrected chi connectivity index (χ4v) is 3.36. The molecule has 1 unspecified atom stereocenters. The van der Waals surface area contributed by atoms with Crippen LogP contribution in [0.25, 0.3) is 5.57 Å². The molecule has 1 heterocycles. The number of hydrogen-bond acceptors (Lipinski definition) is 5. The summed E-state index contributed by atoms with van der Waals surface area (Å²) in [5, 5.41) is 8.91. The minimum absolute atomic E-state index is 0.0359. The predicted octanol–water partition coefficient (Wildman–Crippen LogP) is 4.88. The minimum Gasteiger partial charge on any atom is -0.393 e. The number of nitrogens with two attached hydrogens (primary N) is 1. The van der Waals surface area contributed by atoms with Crippen LogP contribution in [0.5, 0.6) is 0 Å². The Kier molecular flexibility index (Phi) is 12.1. The molecule has 1 fully saturated rings. The van der Waals surface area contributed by atoms with E-state index in [1.165, 1.54) is 19.3 Å². The van der Waals surface area contributed by atoms with E-state index < -0.39 is 5.91 Å². The molecule has 1 amide bonds. The van der Waals surface area contributed by atoms with Crippen LogP contribution in [0.15, 0.2) is 11.2 Å². The van der Waals surface area contributed by atoms with Gasteiger partial charge in [-0.3, -0.25) is 9.79 Å². The van der Waals surface area contributed by atoms with E-state index in [4.69, 9.17) is 10.8 Å². The van der Waals surface area contributed by atoms with Crippen molar-refractivity contribution < 1.29 is 9.90 Å². The molecule has 1 saturated carbocycles. The molecule has 6 heteroatoms. The van der Waals surface area contributed by atoms with E-state index in [2.05, 4.69) is 28.8 Å². The van der Waals surface area contributed by atoms with Gasteiger partial charge < -0.3 is 10.8 Å². The SMILES string of the molecule is CC.CCC(C)C=N/C=C(\C)c1nc2c(c(C(N)=O)n1)CCC2.OC1CCCCC1. The molecule has 1 aromatic heterocycles. The number of fused-ring (bicyclic) bond motifs is 1. The third-order valence-corrected chi connectivity index (χ3v) is 5.35. The molecule has 168 valence electrons. The molecule has 6 nitrogen and oxygen atoms in total. The van der Waals surface area contributed by atoms with Crippen LogP contribution < -0.4 is 5.73 Å². The molecule has 0 radical (unpaired) electrons. The fourth-order valence-electron chi connectivity index (χ4n) is 3.36. The van der Waals surface area contributed by atoms with Gasteiger partial charge in [-0.1, -0.05) is 47.0 Å². The summed E-state index contributed by atoms with van der Waals surface area (Å²) in [7, 11) is 0. The van der Waals surface area contributed by atoms with Crippen LogP contribution in [0, 0.1) is 5.92 Å². The van der Waals surface area contributed by atoms with Crippen LogP contribution in [0.2, 0.25) is 0 Å². The van der Waals surface area contributed by atoms with Crippen LogP contribution in [-0.4, -0.2) is 33.3 Å². The number of aliphatic hydroxyl groups excluding tert-OH is 1. The molecule has 1 atom stereocenters. The second-order valence-corrected chi connectivity index (χ2v) is 7.83.